The van der Waals surface area contributed by atoms with Crippen molar-refractivity contribution >= 4 is 32.0 Å². The maximum absolute atomic E-state index is 12.5. The standard InChI is InChI=1S/C18H19N3O3S2/c1-18(7-8-26(23,24)12-18)20-16(22)9-14-11-25-17-19-15(10-21(14)17)13-5-3-2-4-6-13/h2-6,10-11H,7-9,12H2,1H3,(H,20,22). The van der Waals surface area contributed by atoms with Crippen molar-refractivity contribution in [2.45, 2.75) is 25.3 Å². The number of hydrogen-bond donors (Lipinski definition) is 1. The summed E-state index contributed by atoms with van der Waals surface area (Å²) in [6.07, 6.45) is 2.59. The molecule has 0 radical (unpaired) electrons. The van der Waals surface area contributed by atoms with E-state index in [1.165, 1.54) is 11.3 Å². The minimum absolute atomic E-state index is 0.00795. The van der Waals surface area contributed by atoms with Gasteiger partial charge >= 0.3 is 0 Å². The van der Waals surface area contributed by atoms with Crippen molar-refractivity contribution in [1.82, 2.24) is 14.7 Å². The molecule has 2 aromatic heterocycles. The number of benzene rings is 1. The first-order valence-corrected chi connectivity index (χ1v) is 11.1. The molecule has 1 fully saturated rings. The van der Waals surface area contributed by atoms with Crippen LogP contribution >= 0.6 is 11.3 Å². The molecule has 3 aromatic rings. The molecule has 26 heavy (non-hydrogen) atoms. The number of amides is 1. The molecule has 1 unspecified atom stereocenters. The van der Waals surface area contributed by atoms with Crippen LogP contribution in [0.25, 0.3) is 16.2 Å². The van der Waals surface area contributed by atoms with E-state index >= 15 is 0 Å². The van der Waals surface area contributed by atoms with E-state index in [9.17, 15) is 13.2 Å². The third kappa shape index (κ3) is 3.39. The van der Waals surface area contributed by atoms with Crippen LogP contribution in [0.4, 0.5) is 0 Å². The van der Waals surface area contributed by atoms with Crippen LogP contribution in [0.15, 0.2) is 41.9 Å². The Morgan fingerprint density at radius 2 is 2.12 bits per heavy atom. The Morgan fingerprint density at radius 3 is 2.81 bits per heavy atom. The third-order valence-corrected chi connectivity index (χ3v) is 7.43. The molecule has 1 N–H and O–H groups in total. The van der Waals surface area contributed by atoms with Crippen LogP contribution in [0.5, 0.6) is 0 Å². The molecule has 6 nitrogen and oxygen atoms in total. The minimum atomic E-state index is -3.05. The van der Waals surface area contributed by atoms with Gasteiger partial charge in [-0.25, -0.2) is 13.4 Å². The summed E-state index contributed by atoms with van der Waals surface area (Å²) in [5.74, 6) is -0.0260. The average Bonchev–Trinajstić information content (AvgIpc) is 3.23. The first-order chi connectivity index (χ1) is 12.3. The molecule has 136 valence electrons. The molecular formula is C18H19N3O3S2. The number of imidazole rings is 1. The predicted octanol–water partition coefficient (Wildman–Crippen LogP) is 2.30. The smallest absolute Gasteiger partial charge is 0.226 e. The third-order valence-electron chi connectivity index (χ3n) is 4.64. The fourth-order valence-electron chi connectivity index (χ4n) is 3.36. The number of fused-ring (bicyclic) bond motifs is 1. The van der Waals surface area contributed by atoms with Gasteiger partial charge in [0.25, 0.3) is 0 Å². The zero-order valence-electron chi connectivity index (χ0n) is 14.3. The van der Waals surface area contributed by atoms with Crippen molar-refractivity contribution in [3.63, 3.8) is 0 Å². The van der Waals surface area contributed by atoms with Gasteiger partial charge in [0.05, 0.1) is 29.2 Å². The second-order valence-electron chi connectivity index (χ2n) is 7.00. The molecule has 1 amide bonds. The number of nitrogens with zero attached hydrogens (tertiary/aromatic N) is 2. The molecule has 0 spiro atoms. The summed E-state index contributed by atoms with van der Waals surface area (Å²) in [5, 5.41) is 4.83. The highest BCUT2D eigenvalue weighted by Gasteiger charge is 2.39. The highest BCUT2D eigenvalue weighted by Crippen LogP contribution is 2.25. The molecule has 0 bridgehead atoms. The number of carbonyl (C=O) groups excluding carboxylic acids is 1. The highest BCUT2D eigenvalue weighted by molar-refractivity contribution is 7.91. The second-order valence-corrected chi connectivity index (χ2v) is 10.0. The Labute approximate surface area is 155 Å². The molecular weight excluding hydrogens is 370 g/mol. The zero-order valence-corrected chi connectivity index (χ0v) is 15.9. The number of thiazole rings is 1. The van der Waals surface area contributed by atoms with Crippen LogP contribution in [-0.2, 0) is 21.1 Å². The summed E-state index contributed by atoms with van der Waals surface area (Å²) in [6, 6.07) is 9.89. The van der Waals surface area contributed by atoms with Crippen LogP contribution < -0.4 is 5.32 Å². The lowest BCUT2D eigenvalue weighted by molar-refractivity contribution is -0.122. The fourth-order valence-corrected chi connectivity index (χ4v) is 6.32. The van der Waals surface area contributed by atoms with Crippen molar-refractivity contribution < 1.29 is 13.2 Å². The van der Waals surface area contributed by atoms with Crippen LogP contribution in [0, 0.1) is 0 Å². The van der Waals surface area contributed by atoms with Crippen LogP contribution in [0.3, 0.4) is 0 Å². The molecule has 3 heterocycles. The molecule has 1 aliphatic heterocycles. The first-order valence-electron chi connectivity index (χ1n) is 8.36. The van der Waals surface area contributed by atoms with Gasteiger partial charge in [-0.2, -0.15) is 0 Å². The zero-order chi connectivity index (χ0) is 18.4. The van der Waals surface area contributed by atoms with Crippen molar-refractivity contribution in [1.29, 1.82) is 0 Å². The number of nitrogens with one attached hydrogen (secondary N) is 1. The van der Waals surface area contributed by atoms with Crippen LogP contribution in [0.1, 0.15) is 19.0 Å². The predicted molar refractivity (Wildman–Crippen MR) is 102 cm³/mol. The number of rotatable bonds is 4. The quantitative estimate of drug-likeness (QED) is 0.742. The summed E-state index contributed by atoms with van der Waals surface area (Å²) >= 11 is 1.49. The van der Waals surface area contributed by atoms with E-state index in [0.29, 0.717) is 6.42 Å². The topological polar surface area (TPSA) is 80.5 Å². The Kier molecular flexibility index (Phi) is 4.11. The molecule has 8 heteroatoms. The van der Waals surface area contributed by atoms with E-state index in [0.717, 1.165) is 21.9 Å². The van der Waals surface area contributed by atoms with Gasteiger partial charge in [0.15, 0.2) is 14.8 Å². The van der Waals surface area contributed by atoms with E-state index in [4.69, 9.17) is 0 Å². The number of sulfone groups is 1. The molecule has 1 saturated heterocycles. The van der Waals surface area contributed by atoms with Gasteiger partial charge in [-0.3, -0.25) is 9.20 Å². The Bertz CT molecular complexity index is 1070. The first kappa shape index (κ1) is 17.2. The lowest BCUT2D eigenvalue weighted by Crippen LogP contribution is -2.47. The molecule has 1 aromatic carbocycles. The van der Waals surface area contributed by atoms with Crippen LogP contribution in [-0.4, -0.2) is 40.8 Å². The van der Waals surface area contributed by atoms with Crippen molar-refractivity contribution in [2.24, 2.45) is 0 Å². The van der Waals surface area contributed by atoms with Gasteiger partial charge in [0.1, 0.15) is 0 Å². The van der Waals surface area contributed by atoms with Gasteiger partial charge < -0.3 is 5.32 Å². The largest absolute Gasteiger partial charge is 0.350 e. The van der Waals surface area contributed by atoms with Gasteiger partial charge in [0, 0.05) is 22.8 Å². The average molecular weight is 390 g/mol. The number of aromatic nitrogens is 2. The van der Waals surface area contributed by atoms with Crippen molar-refractivity contribution in [3.8, 4) is 11.3 Å². The molecule has 4 rings (SSSR count). The van der Waals surface area contributed by atoms with E-state index in [2.05, 4.69) is 10.3 Å². The van der Waals surface area contributed by atoms with Crippen LogP contribution in [0.2, 0.25) is 0 Å². The van der Waals surface area contributed by atoms with E-state index in [1.54, 1.807) is 6.92 Å². The number of hydrogen-bond acceptors (Lipinski definition) is 5. The Balaban J connectivity index is 1.52. The Hall–Kier alpha value is -2.19. The van der Waals surface area contributed by atoms with Gasteiger partial charge in [-0.1, -0.05) is 30.3 Å². The maximum atomic E-state index is 12.5. The Morgan fingerprint density at radius 1 is 1.35 bits per heavy atom. The summed E-state index contributed by atoms with van der Waals surface area (Å²) in [6.45, 7) is 1.80. The summed E-state index contributed by atoms with van der Waals surface area (Å²) < 4.78 is 25.3. The molecule has 1 atom stereocenters. The lowest BCUT2D eigenvalue weighted by Gasteiger charge is -2.23. The van der Waals surface area contributed by atoms with Crippen molar-refractivity contribution in [3.05, 3.63) is 47.6 Å². The lowest BCUT2D eigenvalue weighted by atomic mass is 10.0. The summed E-state index contributed by atoms with van der Waals surface area (Å²) in [4.78, 5) is 17.9. The molecule has 1 aliphatic rings. The molecule has 0 saturated carbocycles. The van der Waals surface area contributed by atoms with E-state index in [-0.39, 0.29) is 23.8 Å². The van der Waals surface area contributed by atoms with Gasteiger partial charge in [0.2, 0.25) is 5.91 Å². The summed E-state index contributed by atoms with van der Waals surface area (Å²) in [5.41, 5.74) is 2.08. The second kappa shape index (κ2) is 6.21. The van der Waals surface area contributed by atoms with Crippen molar-refractivity contribution in [2.75, 3.05) is 11.5 Å². The maximum Gasteiger partial charge on any atom is 0.226 e. The van der Waals surface area contributed by atoms with E-state index < -0.39 is 15.4 Å². The van der Waals surface area contributed by atoms with Gasteiger partial charge in [-0.15, -0.1) is 11.3 Å². The molecule has 0 aliphatic carbocycles. The van der Waals surface area contributed by atoms with Gasteiger partial charge in [-0.05, 0) is 13.3 Å². The highest BCUT2D eigenvalue weighted by atomic mass is 32.2. The minimum Gasteiger partial charge on any atom is -0.350 e. The fraction of sp³-hybridized carbons (Fsp3) is 0.333. The van der Waals surface area contributed by atoms with E-state index in [1.807, 2.05) is 46.3 Å². The summed E-state index contributed by atoms with van der Waals surface area (Å²) in [7, 11) is -3.05. The number of carbonyl (C=O) groups is 1. The monoisotopic (exact) mass is 389 g/mol. The SMILES string of the molecule is CC1(NC(=O)Cc2csc3nc(-c4ccccc4)cn23)CCS(=O)(=O)C1. The normalized spacial score (nSPS) is 21.9.